The molecule has 8 nitrogen and oxygen atoms in total. The molecule has 10 atom stereocenters. The topological polar surface area (TPSA) is 130 Å². The molecule has 0 aromatic heterocycles. The number of ketones is 1. The fourth-order valence-electron chi connectivity index (χ4n) is 8.36. The molecule has 0 saturated heterocycles. The van der Waals surface area contributed by atoms with Crippen LogP contribution in [0.1, 0.15) is 53.9 Å². The maximum Gasteiger partial charge on any atom is 0.303 e. The number of aliphatic hydroxyl groups excluding tert-OH is 3. The average Bonchev–Trinajstić information content (AvgIpc) is 2.82. The molecule has 4 aliphatic rings. The zero-order valence-corrected chi connectivity index (χ0v) is 19.3. The Morgan fingerprint density at radius 3 is 2.12 bits per heavy atom. The summed E-state index contributed by atoms with van der Waals surface area (Å²) in [5, 5.41) is 34.5. The second-order valence-corrected chi connectivity index (χ2v) is 11.2. The molecule has 4 saturated carbocycles. The van der Waals surface area contributed by atoms with Gasteiger partial charge in [-0.2, -0.15) is 0 Å². The normalized spacial score (nSPS) is 49.1. The number of allylic oxidation sites excluding steroid dienone is 1. The van der Waals surface area contributed by atoms with Gasteiger partial charge in [0.25, 0.3) is 0 Å². The quantitative estimate of drug-likeness (QED) is 0.422. The van der Waals surface area contributed by atoms with Crippen molar-refractivity contribution >= 4 is 17.7 Å². The van der Waals surface area contributed by atoms with Gasteiger partial charge in [0, 0.05) is 41.9 Å². The van der Waals surface area contributed by atoms with Gasteiger partial charge >= 0.3 is 11.9 Å². The first-order chi connectivity index (χ1) is 14.7. The fourth-order valence-corrected chi connectivity index (χ4v) is 8.36. The van der Waals surface area contributed by atoms with Gasteiger partial charge in [0.2, 0.25) is 0 Å². The Hall–Kier alpha value is -1.77. The van der Waals surface area contributed by atoms with Gasteiger partial charge in [-0.25, -0.2) is 0 Å². The van der Waals surface area contributed by atoms with Crippen molar-refractivity contribution in [1.29, 1.82) is 0 Å². The predicted octanol–water partition coefficient (Wildman–Crippen LogP) is 1.15. The summed E-state index contributed by atoms with van der Waals surface area (Å²) in [6.45, 7) is 11.8. The summed E-state index contributed by atoms with van der Waals surface area (Å²) in [4.78, 5) is 37.3. The number of hydrogen-bond donors (Lipinski definition) is 3. The largest absolute Gasteiger partial charge is 0.458 e. The van der Waals surface area contributed by atoms with Crippen LogP contribution in [0.5, 0.6) is 0 Å². The van der Waals surface area contributed by atoms with Crippen molar-refractivity contribution in [2.75, 3.05) is 0 Å². The molecule has 4 rings (SSSR count). The van der Waals surface area contributed by atoms with E-state index in [1.165, 1.54) is 13.8 Å². The SMILES string of the molecule is C=C1C(=O)[C@]23C[C@H]1C[C@H](O)[C@H]2[C@@]1(C)[C@H]([C@@H](O)C3)C(C)(C)[C@@H](OC(C)=O)[C@@H](OC(C)=O)[C@@H]1O. The van der Waals surface area contributed by atoms with Gasteiger partial charge in [-0.1, -0.05) is 27.4 Å². The number of Topliss-reactive ketones (excluding diaryl/α,β-unsaturated/α-hetero) is 1. The van der Waals surface area contributed by atoms with Crippen LogP contribution >= 0.6 is 0 Å². The average molecular weight is 451 g/mol. The van der Waals surface area contributed by atoms with Crippen LogP contribution in [0.15, 0.2) is 12.2 Å². The van der Waals surface area contributed by atoms with Gasteiger partial charge in [-0.05, 0) is 30.8 Å². The number of esters is 2. The van der Waals surface area contributed by atoms with Crippen LogP contribution in [0.2, 0.25) is 0 Å². The molecule has 8 heteroatoms. The van der Waals surface area contributed by atoms with Crippen LogP contribution < -0.4 is 0 Å². The smallest absolute Gasteiger partial charge is 0.303 e. The molecule has 2 bridgehead atoms. The highest BCUT2D eigenvalue weighted by Gasteiger charge is 2.76. The van der Waals surface area contributed by atoms with Gasteiger partial charge in [-0.3, -0.25) is 14.4 Å². The van der Waals surface area contributed by atoms with Crippen molar-refractivity contribution in [1.82, 2.24) is 0 Å². The lowest BCUT2D eigenvalue weighted by Gasteiger charge is -2.68. The Labute approximate surface area is 188 Å². The second-order valence-electron chi connectivity index (χ2n) is 11.2. The Morgan fingerprint density at radius 1 is 0.969 bits per heavy atom. The van der Waals surface area contributed by atoms with E-state index in [9.17, 15) is 29.7 Å². The second kappa shape index (κ2) is 7.11. The van der Waals surface area contributed by atoms with E-state index in [4.69, 9.17) is 9.47 Å². The summed E-state index contributed by atoms with van der Waals surface area (Å²) in [7, 11) is 0. The molecule has 0 amide bonds. The van der Waals surface area contributed by atoms with Gasteiger partial charge in [0.15, 0.2) is 11.9 Å². The highest BCUT2D eigenvalue weighted by atomic mass is 16.6. The van der Waals surface area contributed by atoms with Crippen molar-refractivity contribution < 1.29 is 39.2 Å². The van der Waals surface area contributed by atoms with E-state index < -0.39 is 70.5 Å². The third-order valence-corrected chi connectivity index (χ3v) is 9.03. The number of carbonyl (C=O) groups excluding carboxylic acids is 3. The third kappa shape index (κ3) is 2.82. The number of carbonyl (C=O) groups is 3. The molecule has 0 aliphatic heterocycles. The third-order valence-electron chi connectivity index (χ3n) is 9.03. The van der Waals surface area contributed by atoms with Gasteiger partial charge in [-0.15, -0.1) is 0 Å². The Kier molecular flexibility index (Phi) is 5.20. The summed E-state index contributed by atoms with van der Waals surface area (Å²) in [5.41, 5.74) is -2.69. The van der Waals surface area contributed by atoms with Crippen molar-refractivity contribution in [2.45, 2.75) is 84.4 Å². The minimum atomic E-state index is -1.38. The molecule has 32 heavy (non-hydrogen) atoms. The van der Waals surface area contributed by atoms with E-state index >= 15 is 0 Å². The summed E-state index contributed by atoms with van der Waals surface area (Å²) in [6, 6.07) is 0. The summed E-state index contributed by atoms with van der Waals surface area (Å²) in [6.07, 6.45) is -4.52. The minimum Gasteiger partial charge on any atom is -0.458 e. The highest BCUT2D eigenvalue weighted by Crippen LogP contribution is 2.71. The van der Waals surface area contributed by atoms with E-state index in [2.05, 4.69) is 6.58 Å². The molecule has 0 aromatic rings. The van der Waals surface area contributed by atoms with Gasteiger partial charge in [0.05, 0.1) is 12.2 Å². The Morgan fingerprint density at radius 2 is 1.56 bits per heavy atom. The zero-order chi connectivity index (χ0) is 24.0. The highest BCUT2D eigenvalue weighted by molar-refractivity contribution is 6.03. The van der Waals surface area contributed by atoms with Gasteiger partial charge in [0.1, 0.15) is 12.2 Å². The fraction of sp³-hybridized carbons (Fsp3) is 0.792. The van der Waals surface area contributed by atoms with Crippen LogP contribution in [0.25, 0.3) is 0 Å². The van der Waals surface area contributed by atoms with Crippen molar-refractivity contribution in [3.63, 3.8) is 0 Å². The molecule has 1 spiro atoms. The standard InChI is InChI=1S/C24H34O8/c1-10-13-7-14(27)18-23(6)17(15(28)9-24(18,8-13)19(10)29)22(4,5)21(32-12(3)26)16(20(23)30)31-11(2)25/h13-18,20-21,27-28,30H,1,7-9H2,2-6H3/t13-,14+,15+,16+,17-,18+,20+,21+,23-,24+/m1/s1. The number of hydrogen-bond acceptors (Lipinski definition) is 8. The molecule has 0 heterocycles. The number of rotatable bonds is 2. The molecule has 0 unspecified atom stereocenters. The monoisotopic (exact) mass is 450 g/mol. The van der Waals surface area contributed by atoms with Crippen LogP contribution in [0.4, 0.5) is 0 Å². The predicted molar refractivity (Wildman–Crippen MR) is 112 cm³/mol. The molecule has 3 N–H and O–H groups in total. The van der Waals surface area contributed by atoms with Crippen LogP contribution in [0.3, 0.4) is 0 Å². The molecule has 0 radical (unpaired) electrons. The van der Waals surface area contributed by atoms with E-state index in [0.717, 1.165) is 0 Å². The van der Waals surface area contributed by atoms with Gasteiger partial charge < -0.3 is 24.8 Å². The van der Waals surface area contributed by atoms with Crippen LogP contribution in [-0.4, -0.2) is 63.6 Å². The molecule has 4 aliphatic carbocycles. The molecule has 178 valence electrons. The lowest BCUT2D eigenvalue weighted by atomic mass is 9.38. The molecular formula is C24H34O8. The summed E-state index contributed by atoms with van der Waals surface area (Å²) < 4.78 is 11.1. The first-order valence-corrected chi connectivity index (χ1v) is 11.3. The maximum atomic E-state index is 13.4. The number of fused-ring (bicyclic) bond motifs is 3. The summed E-state index contributed by atoms with van der Waals surface area (Å²) in [5.74, 6) is -2.85. The number of ether oxygens (including phenoxy) is 2. The maximum absolute atomic E-state index is 13.4. The molecule has 0 aromatic carbocycles. The van der Waals surface area contributed by atoms with E-state index in [-0.39, 0.29) is 18.1 Å². The Balaban J connectivity index is 1.91. The van der Waals surface area contributed by atoms with Crippen LogP contribution in [-0.2, 0) is 23.9 Å². The number of aliphatic hydroxyl groups is 3. The first-order valence-electron chi connectivity index (χ1n) is 11.3. The zero-order valence-electron chi connectivity index (χ0n) is 19.3. The van der Waals surface area contributed by atoms with E-state index in [1.54, 1.807) is 20.8 Å². The van der Waals surface area contributed by atoms with E-state index in [1.807, 2.05) is 0 Å². The molecular weight excluding hydrogens is 416 g/mol. The molecule has 4 fully saturated rings. The van der Waals surface area contributed by atoms with E-state index in [0.29, 0.717) is 18.4 Å². The lowest BCUT2D eigenvalue weighted by molar-refractivity contribution is -0.306. The Bertz CT molecular complexity index is 879. The van der Waals surface area contributed by atoms with Crippen molar-refractivity contribution in [3.8, 4) is 0 Å². The van der Waals surface area contributed by atoms with Crippen molar-refractivity contribution in [2.24, 2.45) is 34.0 Å². The lowest BCUT2D eigenvalue weighted by Crippen LogP contribution is -2.75. The first kappa shape index (κ1) is 23.4. The summed E-state index contributed by atoms with van der Waals surface area (Å²) >= 11 is 0. The van der Waals surface area contributed by atoms with Crippen molar-refractivity contribution in [3.05, 3.63) is 12.2 Å². The minimum absolute atomic E-state index is 0.143. The van der Waals surface area contributed by atoms with Crippen LogP contribution in [0, 0.1) is 34.0 Å².